The van der Waals surface area contributed by atoms with Crippen molar-refractivity contribution >= 4 is 22.5 Å². The van der Waals surface area contributed by atoms with Crippen LogP contribution in [0, 0.1) is 0 Å². The Labute approximate surface area is 114 Å². The zero-order chi connectivity index (χ0) is 13.2. The van der Waals surface area contributed by atoms with Gasteiger partial charge in [0.05, 0.1) is 0 Å². The standard InChI is InChI=1S/C15H21ClN2/c1-4-15(3,5-2)18-10-11-9-17-14-8-12(16)6-7-13(11)14/h6-9,17-18H,4-5,10H2,1-3H3. The normalized spacial score (nSPS) is 12.2. The highest BCUT2D eigenvalue weighted by atomic mass is 35.5. The van der Waals surface area contributed by atoms with Crippen molar-refractivity contribution in [2.45, 2.75) is 45.7 Å². The molecule has 0 aliphatic carbocycles. The molecule has 0 spiro atoms. The number of nitrogens with one attached hydrogen (secondary N) is 2. The number of hydrogen-bond acceptors (Lipinski definition) is 1. The van der Waals surface area contributed by atoms with Gasteiger partial charge in [-0.2, -0.15) is 0 Å². The Morgan fingerprint density at radius 2 is 2.00 bits per heavy atom. The lowest BCUT2D eigenvalue weighted by Gasteiger charge is -2.28. The van der Waals surface area contributed by atoms with Crippen LogP contribution in [0.1, 0.15) is 39.2 Å². The fraction of sp³-hybridized carbons (Fsp3) is 0.467. The molecule has 1 aromatic carbocycles. The molecule has 0 bridgehead atoms. The Morgan fingerprint density at radius 1 is 1.28 bits per heavy atom. The second-order valence-electron chi connectivity index (χ2n) is 5.13. The van der Waals surface area contributed by atoms with E-state index >= 15 is 0 Å². The molecule has 3 heteroatoms. The Kier molecular flexibility index (Phi) is 3.98. The first-order valence-electron chi connectivity index (χ1n) is 6.58. The molecule has 0 unspecified atom stereocenters. The van der Waals surface area contributed by atoms with Crippen molar-refractivity contribution in [1.29, 1.82) is 0 Å². The molecule has 1 heterocycles. The molecule has 0 saturated heterocycles. The van der Waals surface area contributed by atoms with Gasteiger partial charge in [0.1, 0.15) is 0 Å². The third-order valence-electron chi connectivity index (χ3n) is 4.00. The number of rotatable bonds is 5. The molecular weight excluding hydrogens is 244 g/mol. The van der Waals surface area contributed by atoms with E-state index in [0.29, 0.717) is 0 Å². The summed E-state index contributed by atoms with van der Waals surface area (Å²) >= 11 is 5.99. The maximum Gasteiger partial charge on any atom is 0.0472 e. The molecule has 98 valence electrons. The highest BCUT2D eigenvalue weighted by molar-refractivity contribution is 6.31. The maximum absolute atomic E-state index is 5.99. The molecule has 0 aliphatic rings. The number of aromatic amines is 1. The summed E-state index contributed by atoms with van der Waals surface area (Å²) in [4.78, 5) is 3.28. The predicted octanol–water partition coefficient (Wildman–Crippen LogP) is 4.49. The van der Waals surface area contributed by atoms with Crippen molar-refractivity contribution in [3.8, 4) is 0 Å². The molecule has 0 amide bonds. The molecule has 2 aromatic rings. The van der Waals surface area contributed by atoms with E-state index in [1.165, 1.54) is 10.9 Å². The van der Waals surface area contributed by atoms with Crippen LogP contribution < -0.4 is 5.32 Å². The molecule has 0 saturated carbocycles. The number of benzene rings is 1. The summed E-state index contributed by atoms with van der Waals surface area (Å²) in [6.07, 6.45) is 4.34. The molecule has 2 rings (SSSR count). The molecule has 0 aliphatic heterocycles. The highest BCUT2D eigenvalue weighted by Crippen LogP contribution is 2.23. The van der Waals surface area contributed by atoms with Crippen LogP contribution in [0.5, 0.6) is 0 Å². The van der Waals surface area contributed by atoms with E-state index in [1.807, 2.05) is 12.1 Å². The van der Waals surface area contributed by atoms with Crippen LogP contribution in [0.15, 0.2) is 24.4 Å². The van der Waals surface area contributed by atoms with Crippen molar-refractivity contribution in [3.05, 3.63) is 35.0 Å². The Hall–Kier alpha value is -0.990. The minimum Gasteiger partial charge on any atom is -0.361 e. The lowest BCUT2D eigenvalue weighted by molar-refractivity contribution is 0.330. The quantitative estimate of drug-likeness (QED) is 0.818. The van der Waals surface area contributed by atoms with Crippen molar-refractivity contribution in [3.63, 3.8) is 0 Å². The van der Waals surface area contributed by atoms with Crippen molar-refractivity contribution < 1.29 is 0 Å². The van der Waals surface area contributed by atoms with Crippen molar-refractivity contribution in [1.82, 2.24) is 10.3 Å². The molecule has 2 nitrogen and oxygen atoms in total. The molecule has 1 aromatic heterocycles. The molecule has 0 fully saturated rings. The first-order chi connectivity index (χ1) is 8.58. The predicted molar refractivity (Wildman–Crippen MR) is 79.1 cm³/mol. The van der Waals surface area contributed by atoms with Gasteiger partial charge in [-0.15, -0.1) is 0 Å². The van der Waals surface area contributed by atoms with Crippen molar-refractivity contribution in [2.75, 3.05) is 0 Å². The second-order valence-corrected chi connectivity index (χ2v) is 5.56. The van der Waals surface area contributed by atoms with E-state index < -0.39 is 0 Å². The number of H-pyrrole nitrogens is 1. The molecule has 2 N–H and O–H groups in total. The summed E-state index contributed by atoms with van der Waals surface area (Å²) in [5.74, 6) is 0. The van der Waals surface area contributed by atoms with Gasteiger partial charge in [-0.1, -0.05) is 31.5 Å². The first kappa shape index (κ1) is 13.4. The second kappa shape index (κ2) is 5.33. The molecular formula is C15H21ClN2. The van der Waals surface area contributed by atoms with Gasteiger partial charge < -0.3 is 10.3 Å². The van der Waals surface area contributed by atoms with Gasteiger partial charge in [-0.25, -0.2) is 0 Å². The number of hydrogen-bond donors (Lipinski definition) is 2. The van der Waals surface area contributed by atoms with E-state index in [-0.39, 0.29) is 5.54 Å². The monoisotopic (exact) mass is 264 g/mol. The fourth-order valence-corrected chi connectivity index (χ4v) is 2.29. The van der Waals surface area contributed by atoms with Crippen LogP contribution in [0.3, 0.4) is 0 Å². The topological polar surface area (TPSA) is 27.8 Å². The van der Waals surface area contributed by atoms with Crippen LogP contribution in [0.4, 0.5) is 0 Å². The summed E-state index contributed by atoms with van der Waals surface area (Å²) in [7, 11) is 0. The zero-order valence-electron chi connectivity index (χ0n) is 11.3. The summed E-state index contributed by atoms with van der Waals surface area (Å²) in [6.45, 7) is 7.62. The van der Waals surface area contributed by atoms with Crippen LogP contribution in [0.2, 0.25) is 5.02 Å². The largest absolute Gasteiger partial charge is 0.361 e. The number of aromatic nitrogens is 1. The van der Waals surface area contributed by atoms with Gasteiger partial charge in [0, 0.05) is 34.2 Å². The SMILES string of the molecule is CCC(C)(CC)NCc1c[nH]c2cc(Cl)ccc12. The Balaban J connectivity index is 2.17. The zero-order valence-corrected chi connectivity index (χ0v) is 12.1. The Morgan fingerprint density at radius 3 is 2.67 bits per heavy atom. The summed E-state index contributed by atoms with van der Waals surface area (Å²) in [6, 6.07) is 6.00. The smallest absolute Gasteiger partial charge is 0.0472 e. The van der Waals surface area contributed by atoms with Gasteiger partial charge in [-0.3, -0.25) is 0 Å². The molecule has 18 heavy (non-hydrogen) atoms. The maximum atomic E-state index is 5.99. The van der Waals surface area contributed by atoms with E-state index in [2.05, 4.69) is 43.3 Å². The van der Waals surface area contributed by atoms with Gasteiger partial charge >= 0.3 is 0 Å². The van der Waals surface area contributed by atoms with E-state index in [1.54, 1.807) is 0 Å². The minimum absolute atomic E-state index is 0.218. The summed E-state index contributed by atoms with van der Waals surface area (Å²) < 4.78 is 0. The van der Waals surface area contributed by atoms with Crippen LogP contribution in [-0.4, -0.2) is 10.5 Å². The average molecular weight is 265 g/mol. The average Bonchev–Trinajstić information content (AvgIpc) is 2.78. The summed E-state index contributed by atoms with van der Waals surface area (Å²) in [5, 5.41) is 5.68. The van der Waals surface area contributed by atoms with Crippen LogP contribution >= 0.6 is 11.6 Å². The highest BCUT2D eigenvalue weighted by Gasteiger charge is 2.18. The third kappa shape index (κ3) is 2.70. The lowest BCUT2D eigenvalue weighted by Crippen LogP contribution is -2.40. The van der Waals surface area contributed by atoms with Crippen molar-refractivity contribution in [2.24, 2.45) is 0 Å². The van der Waals surface area contributed by atoms with Gasteiger partial charge in [0.15, 0.2) is 0 Å². The van der Waals surface area contributed by atoms with E-state index in [9.17, 15) is 0 Å². The molecule has 0 radical (unpaired) electrons. The van der Waals surface area contributed by atoms with Crippen LogP contribution in [-0.2, 0) is 6.54 Å². The number of fused-ring (bicyclic) bond motifs is 1. The first-order valence-corrected chi connectivity index (χ1v) is 6.96. The minimum atomic E-state index is 0.218. The Bertz CT molecular complexity index is 526. The molecule has 0 atom stereocenters. The van der Waals surface area contributed by atoms with E-state index in [4.69, 9.17) is 11.6 Å². The number of halogens is 1. The van der Waals surface area contributed by atoms with Gasteiger partial charge in [-0.05, 0) is 37.5 Å². The third-order valence-corrected chi connectivity index (χ3v) is 4.23. The van der Waals surface area contributed by atoms with Crippen LogP contribution in [0.25, 0.3) is 10.9 Å². The van der Waals surface area contributed by atoms with E-state index in [0.717, 1.165) is 29.9 Å². The van der Waals surface area contributed by atoms with Gasteiger partial charge in [0.2, 0.25) is 0 Å². The van der Waals surface area contributed by atoms with Gasteiger partial charge in [0.25, 0.3) is 0 Å². The lowest BCUT2D eigenvalue weighted by atomic mass is 9.95. The fourth-order valence-electron chi connectivity index (χ4n) is 2.11. The summed E-state index contributed by atoms with van der Waals surface area (Å²) in [5.41, 5.74) is 2.62.